The third-order valence-corrected chi connectivity index (χ3v) is 1.87. The molecule has 0 aliphatic carbocycles. The van der Waals surface area contributed by atoms with Crippen molar-refractivity contribution in [2.24, 2.45) is 5.16 Å². The minimum atomic E-state index is 0.850. The second-order valence-corrected chi connectivity index (χ2v) is 2.79. The molecule has 0 fully saturated rings. The lowest BCUT2D eigenvalue weighted by Crippen LogP contribution is -1.93. The minimum Gasteiger partial charge on any atom is -0.411 e. The Morgan fingerprint density at radius 1 is 1.29 bits per heavy atom. The lowest BCUT2D eigenvalue weighted by Gasteiger charge is -2.00. The monoisotopic (exact) mass is 187 g/mol. The number of hydrogen-bond donors (Lipinski definition) is 1. The molecule has 0 radical (unpaired) electrons. The fourth-order valence-corrected chi connectivity index (χ4v) is 1.20. The summed E-state index contributed by atoms with van der Waals surface area (Å²) >= 11 is 0. The fraction of sp³-hybridized carbons (Fsp3) is 0. The zero-order valence-electron chi connectivity index (χ0n) is 7.41. The van der Waals surface area contributed by atoms with Crippen LogP contribution in [0.3, 0.4) is 0 Å². The van der Waals surface area contributed by atoms with Gasteiger partial charge in [-0.05, 0) is 23.8 Å². The van der Waals surface area contributed by atoms with Crippen molar-refractivity contribution in [1.82, 2.24) is 9.78 Å². The zero-order chi connectivity index (χ0) is 9.80. The van der Waals surface area contributed by atoms with Gasteiger partial charge < -0.3 is 5.21 Å². The Labute approximate surface area is 81.1 Å². The van der Waals surface area contributed by atoms with Crippen molar-refractivity contribution in [1.29, 1.82) is 0 Å². The highest BCUT2D eigenvalue weighted by Crippen LogP contribution is 2.06. The largest absolute Gasteiger partial charge is 0.411 e. The van der Waals surface area contributed by atoms with Crippen molar-refractivity contribution in [3.63, 3.8) is 0 Å². The summed E-state index contributed by atoms with van der Waals surface area (Å²) in [4.78, 5) is 0. The minimum absolute atomic E-state index is 0.850. The summed E-state index contributed by atoms with van der Waals surface area (Å²) in [5, 5.41) is 15.4. The Bertz CT molecular complexity index is 417. The smallest absolute Gasteiger partial charge is 0.0733 e. The SMILES string of the molecule is ON=Cc1ccc(-n2cccn2)cc1. The van der Waals surface area contributed by atoms with Crippen LogP contribution in [-0.2, 0) is 0 Å². The Balaban J connectivity index is 2.31. The summed E-state index contributed by atoms with van der Waals surface area (Å²) in [5.74, 6) is 0. The van der Waals surface area contributed by atoms with Gasteiger partial charge in [0.2, 0.25) is 0 Å². The second kappa shape index (κ2) is 3.74. The van der Waals surface area contributed by atoms with E-state index in [9.17, 15) is 0 Å². The lowest BCUT2D eigenvalue weighted by molar-refractivity contribution is 0.322. The molecule has 2 aromatic rings. The molecule has 0 aliphatic heterocycles. The summed E-state index contributed by atoms with van der Waals surface area (Å²) in [5.41, 5.74) is 1.83. The first kappa shape index (κ1) is 8.50. The standard InChI is InChI=1S/C10H9N3O/c14-12-8-9-2-4-10(5-3-9)13-7-1-6-11-13/h1-8,14H. The molecule has 0 bridgehead atoms. The first-order valence-electron chi connectivity index (χ1n) is 4.17. The van der Waals surface area contributed by atoms with E-state index in [4.69, 9.17) is 5.21 Å². The van der Waals surface area contributed by atoms with Gasteiger partial charge in [0.05, 0.1) is 11.9 Å². The van der Waals surface area contributed by atoms with Crippen molar-refractivity contribution < 1.29 is 5.21 Å². The number of benzene rings is 1. The molecule has 14 heavy (non-hydrogen) atoms. The molecule has 0 saturated heterocycles. The Morgan fingerprint density at radius 3 is 2.64 bits per heavy atom. The molecule has 1 aromatic carbocycles. The summed E-state index contributed by atoms with van der Waals surface area (Å²) in [6.45, 7) is 0. The topological polar surface area (TPSA) is 50.4 Å². The van der Waals surface area contributed by atoms with Gasteiger partial charge in [-0.3, -0.25) is 0 Å². The van der Waals surface area contributed by atoms with Gasteiger partial charge in [-0.15, -0.1) is 0 Å². The van der Waals surface area contributed by atoms with E-state index in [0.717, 1.165) is 11.3 Å². The molecule has 0 saturated carbocycles. The molecule has 1 heterocycles. The molecular formula is C10H9N3O. The average Bonchev–Trinajstić information content (AvgIpc) is 2.72. The molecule has 0 unspecified atom stereocenters. The molecule has 4 heteroatoms. The molecular weight excluding hydrogens is 178 g/mol. The van der Waals surface area contributed by atoms with E-state index in [1.807, 2.05) is 36.5 Å². The number of aromatic nitrogens is 2. The third kappa shape index (κ3) is 1.64. The van der Waals surface area contributed by atoms with Crippen molar-refractivity contribution >= 4 is 6.21 Å². The Morgan fingerprint density at radius 2 is 2.07 bits per heavy atom. The number of oxime groups is 1. The van der Waals surface area contributed by atoms with Gasteiger partial charge in [0.15, 0.2) is 0 Å². The predicted octanol–water partition coefficient (Wildman–Crippen LogP) is 1.68. The molecule has 1 N–H and O–H groups in total. The van der Waals surface area contributed by atoms with Gasteiger partial charge in [-0.25, -0.2) is 4.68 Å². The van der Waals surface area contributed by atoms with E-state index in [1.54, 1.807) is 10.9 Å². The van der Waals surface area contributed by atoms with Crippen LogP contribution in [0.15, 0.2) is 47.9 Å². The summed E-state index contributed by atoms with van der Waals surface area (Å²) in [6.07, 6.45) is 4.98. The average molecular weight is 187 g/mol. The van der Waals surface area contributed by atoms with Crippen LogP contribution in [0.25, 0.3) is 5.69 Å². The molecule has 0 aliphatic rings. The Kier molecular flexibility index (Phi) is 2.27. The highest BCUT2D eigenvalue weighted by molar-refractivity contribution is 5.79. The Hall–Kier alpha value is -2.10. The quantitative estimate of drug-likeness (QED) is 0.441. The first-order valence-corrected chi connectivity index (χ1v) is 4.17. The van der Waals surface area contributed by atoms with Crippen molar-refractivity contribution in [2.75, 3.05) is 0 Å². The van der Waals surface area contributed by atoms with E-state index in [0.29, 0.717) is 0 Å². The van der Waals surface area contributed by atoms with Gasteiger partial charge in [0.1, 0.15) is 0 Å². The summed E-state index contributed by atoms with van der Waals surface area (Å²) < 4.78 is 1.76. The first-order chi connectivity index (χ1) is 6.90. The van der Waals surface area contributed by atoms with E-state index < -0.39 is 0 Å². The predicted molar refractivity (Wildman–Crippen MR) is 52.9 cm³/mol. The number of hydrogen-bond acceptors (Lipinski definition) is 3. The molecule has 2 rings (SSSR count). The van der Waals surface area contributed by atoms with Gasteiger partial charge >= 0.3 is 0 Å². The second-order valence-electron chi connectivity index (χ2n) is 2.79. The molecule has 4 nitrogen and oxygen atoms in total. The maximum Gasteiger partial charge on any atom is 0.0733 e. The van der Waals surface area contributed by atoms with Gasteiger partial charge in [-0.1, -0.05) is 17.3 Å². The maximum absolute atomic E-state index is 8.32. The van der Waals surface area contributed by atoms with E-state index in [-0.39, 0.29) is 0 Å². The van der Waals surface area contributed by atoms with Gasteiger partial charge in [0.25, 0.3) is 0 Å². The van der Waals surface area contributed by atoms with Crippen LogP contribution in [0, 0.1) is 0 Å². The van der Waals surface area contributed by atoms with Gasteiger partial charge in [-0.2, -0.15) is 5.10 Å². The van der Waals surface area contributed by atoms with Crippen LogP contribution < -0.4 is 0 Å². The highest BCUT2D eigenvalue weighted by Gasteiger charge is 1.94. The maximum atomic E-state index is 8.32. The summed E-state index contributed by atoms with van der Waals surface area (Å²) in [7, 11) is 0. The van der Waals surface area contributed by atoms with Crippen LogP contribution in [0.2, 0.25) is 0 Å². The number of rotatable bonds is 2. The zero-order valence-corrected chi connectivity index (χ0v) is 7.41. The van der Waals surface area contributed by atoms with Crippen molar-refractivity contribution in [3.05, 3.63) is 48.3 Å². The summed E-state index contributed by atoms with van der Waals surface area (Å²) in [6, 6.07) is 9.39. The van der Waals surface area contributed by atoms with Gasteiger partial charge in [0, 0.05) is 12.4 Å². The van der Waals surface area contributed by atoms with E-state index in [1.165, 1.54) is 6.21 Å². The van der Waals surface area contributed by atoms with E-state index in [2.05, 4.69) is 10.3 Å². The van der Waals surface area contributed by atoms with Crippen LogP contribution >= 0.6 is 0 Å². The van der Waals surface area contributed by atoms with Crippen molar-refractivity contribution in [2.45, 2.75) is 0 Å². The lowest BCUT2D eigenvalue weighted by atomic mass is 10.2. The van der Waals surface area contributed by atoms with Crippen LogP contribution in [-0.4, -0.2) is 21.2 Å². The molecule has 0 spiro atoms. The van der Waals surface area contributed by atoms with Crippen LogP contribution in [0.1, 0.15) is 5.56 Å². The molecule has 1 aromatic heterocycles. The van der Waals surface area contributed by atoms with Crippen LogP contribution in [0.5, 0.6) is 0 Å². The molecule has 0 amide bonds. The normalized spacial score (nSPS) is 10.9. The fourth-order valence-electron chi connectivity index (χ4n) is 1.20. The molecule has 70 valence electrons. The highest BCUT2D eigenvalue weighted by atomic mass is 16.4. The van der Waals surface area contributed by atoms with Crippen LogP contribution in [0.4, 0.5) is 0 Å². The number of nitrogens with zero attached hydrogens (tertiary/aromatic N) is 3. The molecule has 0 atom stereocenters. The van der Waals surface area contributed by atoms with Crippen molar-refractivity contribution in [3.8, 4) is 5.69 Å². The third-order valence-electron chi connectivity index (χ3n) is 1.87. The van der Waals surface area contributed by atoms with E-state index >= 15 is 0 Å².